The predicted molar refractivity (Wildman–Crippen MR) is 66.6 cm³/mol. The van der Waals surface area contributed by atoms with Gasteiger partial charge in [0.2, 0.25) is 0 Å². The molecule has 0 aliphatic rings. The molecule has 2 nitrogen and oxygen atoms in total. The summed E-state index contributed by atoms with van der Waals surface area (Å²) >= 11 is 5.95. The molecule has 5 heteroatoms. The summed E-state index contributed by atoms with van der Waals surface area (Å²) in [6.07, 6.45) is 0. The molecule has 2 aromatic carbocycles. The Morgan fingerprint density at radius 3 is 2.56 bits per heavy atom. The van der Waals surface area contributed by atoms with E-state index in [1.165, 1.54) is 6.07 Å². The lowest BCUT2D eigenvalue weighted by Gasteiger charge is -2.08. The van der Waals surface area contributed by atoms with Gasteiger partial charge in [0.25, 0.3) is 0 Å². The number of anilines is 1. The molecule has 0 atom stereocenters. The zero-order valence-corrected chi connectivity index (χ0v) is 10.0. The summed E-state index contributed by atoms with van der Waals surface area (Å²) in [6.45, 7) is 0.134. The zero-order valence-electron chi connectivity index (χ0n) is 9.29. The second kappa shape index (κ2) is 5.23. The highest BCUT2D eigenvalue weighted by atomic mass is 35.5. The van der Waals surface area contributed by atoms with Gasteiger partial charge in [0.05, 0.1) is 0 Å². The van der Waals surface area contributed by atoms with E-state index >= 15 is 0 Å². The first-order valence-electron chi connectivity index (χ1n) is 5.18. The normalized spacial score (nSPS) is 10.4. The van der Waals surface area contributed by atoms with Crippen LogP contribution in [0.15, 0.2) is 36.4 Å². The molecule has 2 aromatic rings. The van der Waals surface area contributed by atoms with Gasteiger partial charge in [0.15, 0.2) is 11.6 Å². The van der Waals surface area contributed by atoms with Crippen LogP contribution >= 0.6 is 11.6 Å². The molecule has 2 N–H and O–H groups in total. The molecular formula is C13H10ClF2NO. The number of benzene rings is 2. The Morgan fingerprint density at radius 2 is 1.83 bits per heavy atom. The van der Waals surface area contributed by atoms with E-state index in [0.29, 0.717) is 16.3 Å². The topological polar surface area (TPSA) is 35.2 Å². The molecule has 0 radical (unpaired) electrons. The lowest BCUT2D eigenvalue weighted by Crippen LogP contribution is -1.98. The standard InChI is InChI=1S/C13H10ClF2NO/c14-11-3-1-9(17)5-8(11)7-18-10-2-4-12(15)13(16)6-10/h1-6H,7,17H2. The van der Waals surface area contributed by atoms with Crippen molar-refractivity contribution >= 4 is 17.3 Å². The Hall–Kier alpha value is -1.81. The number of rotatable bonds is 3. The van der Waals surface area contributed by atoms with Crippen LogP contribution in [0.2, 0.25) is 5.02 Å². The summed E-state index contributed by atoms with van der Waals surface area (Å²) in [5, 5.41) is 0.506. The number of halogens is 3. The summed E-state index contributed by atoms with van der Waals surface area (Å²) < 4.78 is 31.0. The van der Waals surface area contributed by atoms with Gasteiger partial charge in [-0.25, -0.2) is 8.78 Å². The Bertz CT molecular complexity index is 575. The Kier molecular flexibility index (Phi) is 3.67. The van der Waals surface area contributed by atoms with Crippen LogP contribution in [0.1, 0.15) is 5.56 Å². The highest BCUT2D eigenvalue weighted by Crippen LogP contribution is 2.22. The molecule has 0 aromatic heterocycles. The molecule has 0 saturated heterocycles. The van der Waals surface area contributed by atoms with E-state index in [4.69, 9.17) is 22.1 Å². The van der Waals surface area contributed by atoms with Crippen molar-refractivity contribution in [3.8, 4) is 5.75 Å². The highest BCUT2D eigenvalue weighted by molar-refractivity contribution is 6.31. The fourth-order valence-corrected chi connectivity index (χ4v) is 1.61. The molecule has 18 heavy (non-hydrogen) atoms. The number of nitrogens with two attached hydrogens (primary N) is 1. The maximum Gasteiger partial charge on any atom is 0.162 e. The van der Waals surface area contributed by atoms with Gasteiger partial charge < -0.3 is 10.5 Å². The summed E-state index contributed by atoms with van der Waals surface area (Å²) in [4.78, 5) is 0. The third-order valence-corrected chi connectivity index (χ3v) is 2.72. The first-order valence-corrected chi connectivity index (χ1v) is 5.56. The molecule has 2 rings (SSSR count). The second-order valence-electron chi connectivity index (χ2n) is 3.72. The van der Waals surface area contributed by atoms with Gasteiger partial charge >= 0.3 is 0 Å². The van der Waals surface area contributed by atoms with Crippen molar-refractivity contribution < 1.29 is 13.5 Å². The summed E-state index contributed by atoms with van der Waals surface area (Å²) in [6, 6.07) is 8.33. The van der Waals surface area contributed by atoms with Crippen molar-refractivity contribution in [1.29, 1.82) is 0 Å². The maximum atomic E-state index is 12.9. The minimum Gasteiger partial charge on any atom is -0.489 e. The Balaban J connectivity index is 2.11. The van der Waals surface area contributed by atoms with Crippen LogP contribution in [0.25, 0.3) is 0 Å². The minimum atomic E-state index is -0.953. The van der Waals surface area contributed by atoms with Crippen LogP contribution in [-0.4, -0.2) is 0 Å². The molecule has 0 unspecified atom stereocenters. The van der Waals surface area contributed by atoms with Crippen LogP contribution in [0.5, 0.6) is 5.75 Å². The molecule has 0 aliphatic carbocycles. The maximum absolute atomic E-state index is 12.9. The quantitative estimate of drug-likeness (QED) is 0.861. The smallest absolute Gasteiger partial charge is 0.162 e. The van der Waals surface area contributed by atoms with E-state index in [0.717, 1.165) is 12.1 Å². The molecule has 0 fully saturated rings. The monoisotopic (exact) mass is 269 g/mol. The van der Waals surface area contributed by atoms with Crippen molar-refractivity contribution in [3.05, 3.63) is 58.6 Å². The lowest BCUT2D eigenvalue weighted by atomic mass is 10.2. The molecule has 0 aliphatic heterocycles. The zero-order chi connectivity index (χ0) is 13.1. The summed E-state index contributed by atoms with van der Waals surface area (Å²) in [5.41, 5.74) is 6.86. The number of hydrogen-bond acceptors (Lipinski definition) is 2. The van der Waals surface area contributed by atoms with Gasteiger partial charge in [-0.3, -0.25) is 0 Å². The summed E-state index contributed by atoms with van der Waals surface area (Å²) in [7, 11) is 0. The first kappa shape index (κ1) is 12.6. The molecule has 0 bridgehead atoms. The van der Waals surface area contributed by atoms with Gasteiger partial charge in [-0.15, -0.1) is 0 Å². The van der Waals surface area contributed by atoms with Gasteiger partial charge in [0, 0.05) is 22.3 Å². The molecule has 0 saturated carbocycles. The van der Waals surface area contributed by atoms with E-state index in [1.807, 2.05) is 0 Å². The van der Waals surface area contributed by atoms with E-state index in [9.17, 15) is 8.78 Å². The van der Waals surface area contributed by atoms with E-state index in [2.05, 4.69) is 0 Å². The molecule has 0 heterocycles. The highest BCUT2D eigenvalue weighted by Gasteiger charge is 2.05. The Morgan fingerprint density at radius 1 is 1.06 bits per heavy atom. The Labute approximate surface area is 108 Å². The van der Waals surface area contributed by atoms with Crippen molar-refractivity contribution in [2.75, 3.05) is 5.73 Å². The van der Waals surface area contributed by atoms with Gasteiger partial charge in [0.1, 0.15) is 12.4 Å². The largest absolute Gasteiger partial charge is 0.489 e. The number of hydrogen-bond donors (Lipinski definition) is 1. The van der Waals surface area contributed by atoms with Crippen LogP contribution in [-0.2, 0) is 6.61 Å². The fraction of sp³-hybridized carbons (Fsp3) is 0.0769. The third kappa shape index (κ3) is 2.90. The molecule has 0 amide bonds. The first-order chi connectivity index (χ1) is 8.56. The SMILES string of the molecule is Nc1ccc(Cl)c(COc2ccc(F)c(F)c2)c1. The average molecular weight is 270 g/mol. The summed E-state index contributed by atoms with van der Waals surface area (Å²) in [5.74, 6) is -1.64. The predicted octanol–water partition coefficient (Wildman–Crippen LogP) is 3.78. The van der Waals surface area contributed by atoms with E-state index in [-0.39, 0.29) is 12.4 Å². The number of nitrogen functional groups attached to an aromatic ring is 1. The van der Waals surface area contributed by atoms with Crippen molar-refractivity contribution in [1.82, 2.24) is 0 Å². The van der Waals surface area contributed by atoms with E-state index < -0.39 is 11.6 Å². The van der Waals surface area contributed by atoms with Crippen LogP contribution in [0.4, 0.5) is 14.5 Å². The third-order valence-electron chi connectivity index (χ3n) is 2.36. The van der Waals surface area contributed by atoms with Crippen molar-refractivity contribution in [2.24, 2.45) is 0 Å². The minimum absolute atomic E-state index is 0.134. The van der Waals surface area contributed by atoms with Crippen LogP contribution in [0, 0.1) is 11.6 Å². The van der Waals surface area contributed by atoms with Crippen LogP contribution in [0.3, 0.4) is 0 Å². The van der Waals surface area contributed by atoms with E-state index in [1.54, 1.807) is 18.2 Å². The second-order valence-corrected chi connectivity index (χ2v) is 4.12. The van der Waals surface area contributed by atoms with Crippen molar-refractivity contribution in [3.63, 3.8) is 0 Å². The van der Waals surface area contributed by atoms with Crippen molar-refractivity contribution in [2.45, 2.75) is 6.61 Å². The fourth-order valence-electron chi connectivity index (χ4n) is 1.43. The average Bonchev–Trinajstić information content (AvgIpc) is 2.34. The van der Waals surface area contributed by atoms with Gasteiger partial charge in [-0.1, -0.05) is 11.6 Å². The van der Waals surface area contributed by atoms with Gasteiger partial charge in [-0.05, 0) is 30.3 Å². The molecule has 0 spiro atoms. The van der Waals surface area contributed by atoms with Gasteiger partial charge in [-0.2, -0.15) is 0 Å². The molecule has 94 valence electrons. The molecular weight excluding hydrogens is 260 g/mol. The lowest BCUT2D eigenvalue weighted by molar-refractivity contribution is 0.303. The van der Waals surface area contributed by atoms with Crippen LogP contribution < -0.4 is 10.5 Å². The number of ether oxygens (including phenoxy) is 1.